The monoisotopic (exact) mass is 408 g/mol. The minimum Gasteiger partial charge on any atom is -0.496 e. The number of anilines is 1. The molecule has 0 aliphatic carbocycles. The Morgan fingerprint density at radius 2 is 1.90 bits per heavy atom. The summed E-state index contributed by atoms with van der Waals surface area (Å²) in [5.41, 5.74) is 3.59. The fourth-order valence-corrected chi connectivity index (χ4v) is 3.62. The van der Waals surface area contributed by atoms with Gasteiger partial charge in [0.25, 0.3) is 5.91 Å². The van der Waals surface area contributed by atoms with Crippen molar-refractivity contribution in [1.82, 2.24) is 5.32 Å². The SMILES string of the molecule is COc1ccc(NC(=O)CCCNC(=O)c2ccsc2)cc1Cc1ccccc1. The number of nitrogens with one attached hydrogen (secondary N) is 2. The van der Waals surface area contributed by atoms with Gasteiger partial charge in [0.15, 0.2) is 0 Å². The molecule has 2 aromatic carbocycles. The van der Waals surface area contributed by atoms with E-state index >= 15 is 0 Å². The topological polar surface area (TPSA) is 67.4 Å². The van der Waals surface area contributed by atoms with Crippen molar-refractivity contribution in [2.45, 2.75) is 19.3 Å². The van der Waals surface area contributed by atoms with Gasteiger partial charge in [-0.25, -0.2) is 0 Å². The minimum atomic E-state index is -0.104. The van der Waals surface area contributed by atoms with E-state index in [-0.39, 0.29) is 11.8 Å². The third-order valence-electron chi connectivity index (χ3n) is 4.45. The van der Waals surface area contributed by atoms with E-state index in [2.05, 4.69) is 22.8 Å². The Kier molecular flexibility index (Phi) is 7.41. The zero-order chi connectivity index (χ0) is 20.5. The van der Waals surface area contributed by atoms with E-state index in [1.165, 1.54) is 16.9 Å². The van der Waals surface area contributed by atoms with Crippen molar-refractivity contribution in [3.8, 4) is 5.75 Å². The Morgan fingerprint density at radius 1 is 1.07 bits per heavy atom. The van der Waals surface area contributed by atoms with Gasteiger partial charge in [-0.1, -0.05) is 30.3 Å². The third kappa shape index (κ3) is 6.19. The Morgan fingerprint density at radius 3 is 2.62 bits per heavy atom. The van der Waals surface area contributed by atoms with Gasteiger partial charge in [0.2, 0.25) is 5.91 Å². The van der Waals surface area contributed by atoms with Crippen molar-refractivity contribution in [2.75, 3.05) is 19.0 Å². The first kappa shape index (κ1) is 20.6. The molecule has 150 valence electrons. The normalized spacial score (nSPS) is 10.4. The maximum atomic E-state index is 12.3. The van der Waals surface area contributed by atoms with Crippen LogP contribution >= 0.6 is 11.3 Å². The van der Waals surface area contributed by atoms with E-state index in [4.69, 9.17) is 4.74 Å². The van der Waals surface area contributed by atoms with Crippen molar-refractivity contribution in [3.05, 3.63) is 82.0 Å². The standard InChI is InChI=1S/C23H24N2O3S/c1-28-21-10-9-20(15-19(21)14-17-6-3-2-4-7-17)25-22(26)8-5-12-24-23(27)18-11-13-29-16-18/h2-4,6-7,9-11,13,15-16H,5,8,12,14H2,1H3,(H,24,27)(H,25,26). The fourth-order valence-electron chi connectivity index (χ4n) is 2.98. The van der Waals surface area contributed by atoms with Crippen LogP contribution < -0.4 is 15.4 Å². The second-order valence-electron chi connectivity index (χ2n) is 6.61. The predicted molar refractivity (Wildman–Crippen MR) is 117 cm³/mol. The quantitative estimate of drug-likeness (QED) is 0.513. The first-order chi connectivity index (χ1) is 14.2. The van der Waals surface area contributed by atoms with Crippen LogP contribution in [-0.2, 0) is 11.2 Å². The molecule has 0 saturated heterocycles. The molecule has 0 radical (unpaired) electrons. The number of methoxy groups -OCH3 is 1. The van der Waals surface area contributed by atoms with Crippen LogP contribution in [0.25, 0.3) is 0 Å². The highest BCUT2D eigenvalue weighted by atomic mass is 32.1. The molecule has 0 fully saturated rings. The zero-order valence-corrected chi connectivity index (χ0v) is 17.1. The summed E-state index contributed by atoms with van der Waals surface area (Å²) in [6.07, 6.45) is 1.64. The first-order valence-electron chi connectivity index (χ1n) is 9.47. The molecular formula is C23H24N2O3S. The lowest BCUT2D eigenvalue weighted by atomic mass is 10.0. The number of thiophene rings is 1. The van der Waals surface area contributed by atoms with Crippen LogP contribution in [-0.4, -0.2) is 25.5 Å². The molecule has 0 spiro atoms. The van der Waals surface area contributed by atoms with Crippen molar-refractivity contribution in [2.24, 2.45) is 0 Å². The average Bonchev–Trinajstić information content (AvgIpc) is 3.27. The molecule has 5 nitrogen and oxygen atoms in total. The van der Waals surface area contributed by atoms with Crippen molar-refractivity contribution >= 4 is 28.8 Å². The summed E-state index contributed by atoms with van der Waals surface area (Å²) in [7, 11) is 1.65. The number of hydrogen-bond acceptors (Lipinski definition) is 4. The molecule has 0 aliphatic heterocycles. The van der Waals surface area contributed by atoms with E-state index in [9.17, 15) is 9.59 Å². The van der Waals surface area contributed by atoms with E-state index in [1.807, 2.05) is 41.8 Å². The zero-order valence-electron chi connectivity index (χ0n) is 16.3. The lowest BCUT2D eigenvalue weighted by Gasteiger charge is -2.12. The molecule has 1 aromatic heterocycles. The first-order valence-corrected chi connectivity index (χ1v) is 10.4. The highest BCUT2D eigenvalue weighted by molar-refractivity contribution is 7.08. The molecular weight excluding hydrogens is 384 g/mol. The van der Waals surface area contributed by atoms with Crippen molar-refractivity contribution in [1.29, 1.82) is 0 Å². The summed E-state index contributed by atoms with van der Waals surface area (Å²) in [6, 6.07) is 17.6. The highest BCUT2D eigenvalue weighted by Crippen LogP contribution is 2.25. The van der Waals surface area contributed by atoms with Crippen molar-refractivity contribution in [3.63, 3.8) is 0 Å². The molecule has 3 rings (SSSR count). The summed E-state index contributed by atoms with van der Waals surface area (Å²) in [5, 5.41) is 9.43. The Hall–Kier alpha value is -3.12. The second kappa shape index (κ2) is 10.4. The van der Waals surface area contributed by atoms with Gasteiger partial charge in [-0.15, -0.1) is 0 Å². The third-order valence-corrected chi connectivity index (χ3v) is 5.13. The lowest BCUT2D eigenvalue weighted by molar-refractivity contribution is -0.116. The van der Waals surface area contributed by atoms with Crippen LogP contribution in [0.4, 0.5) is 5.69 Å². The lowest BCUT2D eigenvalue weighted by Crippen LogP contribution is -2.25. The van der Waals surface area contributed by atoms with Gasteiger partial charge in [0, 0.05) is 41.6 Å². The van der Waals surface area contributed by atoms with Crippen LogP contribution in [0, 0.1) is 0 Å². The molecule has 1 heterocycles. The Bertz CT molecular complexity index is 940. The van der Waals surface area contributed by atoms with Gasteiger partial charge in [-0.05, 0) is 41.6 Å². The van der Waals surface area contributed by atoms with E-state index in [1.54, 1.807) is 18.6 Å². The molecule has 0 saturated carbocycles. The maximum absolute atomic E-state index is 12.3. The summed E-state index contributed by atoms with van der Waals surface area (Å²) >= 11 is 1.48. The predicted octanol–water partition coefficient (Wildman–Crippen LogP) is 4.50. The number of carbonyl (C=O) groups excluding carboxylic acids is 2. The molecule has 2 N–H and O–H groups in total. The molecule has 6 heteroatoms. The Balaban J connectivity index is 1.50. The summed E-state index contributed by atoms with van der Waals surface area (Å²) in [4.78, 5) is 24.1. The summed E-state index contributed by atoms with van der Waals surface area (Å²) < 4.78 is 5.46. The van der Waals surface area contributed by atoms with Gasteiger partial charge in [-0.3, -0.25) is 9.59 Å². The van der Waals surface area contributed by atoms with Crippen LogP contribution in [0.2, 0.25) is 0 Å². The van der Waals surface area contributed by atoms with Gasteiger partial charge in [-0.2, -0.15) is 11.3 Å². The summed E-state index contributed by atoms with van der Waals surface area (Å²) in [5.74, 6) is 0.612. The highest BCUT2D eigenvalue weighted by Gasteiger charge is 2.09. The van der Waals surface area contributed by atoms with E-state index in [0.29, 0.717) is 24.9 Å². The number of hydrogen-bond donors (Lipinski definition) is 2. The molecule has 2 amide bonds. The number of rotatable bonds is 9. The number of carbonyl (C=O) groups is 2. The number of ether oxygens (including phenoxy) is 1. The largest absolute Gasteiger partial charge is 0.496 e. The smallest absolute Gasteiger partial charge is 0.252 e. The van der Waals surface area contributed by atoms with Crippen molar-refractivity contribution < 1.29 is 14.3 Å². The maximum Gasteiger partial charge on any atom is 0.252 e. The molecule has 0 aliphatic rings. The minimum absolute atomic E-state index is 0.0781. The molecule has 0 unspecified atom stereocenters. The van der Waals surface area contributed by atoms with Crippen LogP contribution in [0.3, 0.4) is 0 Å². The second-order valence-corrected chi connectivity index (χ2v) is 7.39. The molecule has 3 aromatic rings. The van der Waals surface area contributed by atoms with Crippen LogP contribution in [0.1, 0.15) is 34.3 Å². The average molecular weight is 409 g/mol. The number of amides is 2. The molecule has 0 bridgehead atoms. The van der Waals surface area contributed by atoms with E-state index < -0.39 is 0 Å². The van der Waals surface area contributed by atoms with Gasteiger partial charge in [0.1, 0.15) is 5.75 Å². The van der Waals surface area contributed by atoms with Gasteiger partial charge < -0.3 is 15.4 Å². The van der Waals surface area contributed by atoms with Gasteiger partial charge in [0.05, 0.1) is 7.11 Å². The molecule has 29 heavy (non-hydrogen) atoms. The summed E-state index contributed by atoms with van der Waals surface area (Å²) in [6.45, 7) is 0.462. The Labute approximate surface area is 174 Å². The molecule has 0 atom stereocenters. The fraction of sp³-hybridized carbons (Fsp3) is 0.217. The van der Waals surface area contributed by atoms with Crippen LogP contribution in [0.5, 0.6) is 5.75 Å². The van der Waals surface area contributed by atoms with Gasteiger partial charge >= 0.3 is 0 Å². The van der Waals surface area contributed by atoms with E-state index in [0.717, 1.165) is 23.4 Å². The van der Waals surface area contributed by atoms with Crippen LogP contribution in [0.15, 0.2) is 65.4 Å². The number of benzene rings is 2.